The van der Waals surface area contributed by atoms with E-state index in [-0.39, 0.29) is 36.8 Å². The van der Waals surface area contributed by atoms with Crippen molar-refractivity contribution >= 4 is 53.7 Å². The third kappa shape index (κ3) is 4.96. The number of aromatic amines is 1. The molecule has 2 N–H and O–H groups in total. The highest BCUT2D eigenvalue weighted by Crippen LogP contribution is 2.23. The zero-order valence-electron chi connectivity index (χ0n) is 17.6. The number of hydrogen-bond acceptors (Lipinski definition) is 5. The molecule has 32 heavy (non-hydrogen) atoms. The summed E-state index contributed by atoms with van der Waals surface area (Å²) in [6.45, 7) is 2.13. The van der Waals surface area contributed by atoms with Gasteiger partial charge in [-0.2, -0.15) is 0 Å². The lowest BCUT2D eigenvalue weighted by molar-refractivity contribution is -0.115. The van der Waals surface area contributed by atoms with E-state index >= 15 is 0 Å². The van der Waals surface area contributed by atoms with Crippen LogP contribution in [0.15, 0.2) is 59.5 Å². The van der Waals surface area contributed by atoms with Crippen molar-refractivity contribution in [1.82, 2.24) is 20.2 Å². The second kappa shape index (κ2) is 10.2. The van der Waals surface area contributed by atoms with Crippen LogP contribution in [0, 0.1) is 0 Å². The fourth-order valence-corrected chi connectivity index (χ4v) is 3.84. The second-order valence-electron chi connectivity index (χ2n) is 7.73. The number of nitrogens with zero attached hydrogens (tertiary/aromatic N) is 3. The highest BCUT2D eigenvalue weighted by Gasteiger charge is 2.22. The molecule has 1 amide bonds. The van der Waals surface area contributed by atoms with Crippen molar-refractivity contribution in [2.45, 2.75) is 18.9 Å². The van der Waals surface area contributed by atoms with Gasteiger partial charge in [-0.3, -0.25) is 4.79 Å². The predicted molar refractivity (Wildman–Crippen MR) is 131 cm³/mol. The maximum Gasteiger partial charge on any atom is 0.275 e. The zero-order valence-corrected chi connectivity index (χ0v) is 19.2. The van der Waals surface area contributed by atoms with Gasteiger partial charge in [0.25, 0.3) is 5.91 Å². The first kappa shape index (κ1) is 23.8. The molecular formula is C23H25Cl2N5O2. The Morgan fingerprint density at radius 3 is 2.62 bits per heavy atom. The molecule has 5 rings (SSSR count). The lowest BCUT2D eigenvalue weighted by Crippen LogP contribution is -2.35. The largest absolute Gasteiger partial charge is 0.490 e. The normalized spacial score (nSPS) is 18.1. The summed E-state index contributed by atoms with van der Waals surface area (Å²) in [5.74, 6) is 1.19. The summed E-state index contributed by atoms with van der Waals surface area (Å²) in [6.07, 6.45) is 7.68. The highest BCUT2D eigenvalue weighted by molar-refractivity contribution is 6.20. The lowest BCUT2D eigenvalue weighted by Gasteiger charge is -2.29. The monoisotopic (exact) mass is 473 g/mol. The number of aliphatic imine (C=N–C) groups is 1. The molecular weight excluding hydrogens is 449 g/mol. The maximum absolute atomic E-state index is 12.4. The van der Waals surface area contributed by atoms with Gasteiger partial charge in [0.05, 0.1) is 0 Å². The van der Waals surface area contributed by atoms with Gasteiger partial charge in [0.2, 0.25) is 0 Å². The Bertz CT molecular complexity index is 1150. The number of carbonyl (C=O) groups is 1. The second-order valence-corrected chi connectivity index (χ2v) is 7.73. The van der Waals surface area contributed by atoms with Gasteiger partial charge in [0.1, 0.15) is 29.0 Å². The van der Waals surface area contributed by atoms with Gasteiger partial charge in [-0.1, -0.05) is 0 Å². The van der Waals surface area contributed by atoms with Crippen LogP contribution in [0.3, 0.4) is 0 Å². The smallest absolute Gasteiger partial charge is 0.275 e. The minimum Gasteiger partial charge on any atom is -0.490 e. The Morgan fingerprint density at radius 2 is 1.88 bits per heavy atom. The number of hydrogen-bond donors (Lipinski definition) is 2. The van der Waals surface area contributed by atoms with E-state index in [4.69, 9.17) is 4.74 Å². The van der Waals surface area contributed by atoms with E-state index in [9.17, 15) is 4.79 Å². The van der Waals surface area contributed by atoms with Crippen LogP contribution in [0.4, 0.5) is 0 Å². The van der Waals surface area contributed by atoms with Crippen LogP contribution >= 0.6 is 24.8 Å². The van der Waals surface area contributed by atoms with E-state index in [1.165, 1.54) is 0 Å². The number of piperidine rings is 1. The third-order valence-electron chi connectivity index (χ3n) is 5.57. The molecule has 0 saturated carbocycles. The molecule has 0 aliphatic carbocycles. The molecule has 7 nitrogen and oxygen atoms in total. The molecule has 9 heteroatoms. The molecule has 1 saturated heterocycles. The predicted octanol–water partition coefficient (Wildman–Crippen LogP) is 3.80. The van der Waals surface area contributed by atoms with Crippen LogP contribution in [-0.4, -0.2) is 52.9 Å². The Kier molecular flexibility index (Phi) is 7.56. The summed E-state index contributed by atoms with van der Waals surface area (Å²) in [5, 5.41) is 3.81. The van der Waals surface area contributed by atoms with Crippen LogP contribution in [0.2, 0.25) is 0 Å². The molecule has 1 fully saturated rings. The van der Waals surface area contributed by atoms with E-state index in [0.29, 0.717) is 11.5 Å². The summed E-state index contributed by atoms with van der Waals surface area (Å²) in [7, 11) is 2.14. The van der Waals surface area contributed by atoms with Crippen LogP contribution in [0.5, 0.6) is 5.75 Å². The molecule has 0 atom stereocenters. The van der Waals surface area contributed by atoms with E-state index in [1.807, 2.05) is 42.6 Å². The van der Waals surface area contributed by atoms with Crippen molar-refractivity contribution in [2.24, 2.45) is 4.99 Å². The molecule has 1 aromatic carbocycles. The van der Waals surface area contributed by atoms with Gasteiger partial charge >= 0.3 is 0 Å². The number of likely N-dealkylation sites (tertiary alicyclic amines) is 1. The molecule has 0 spiro atoms. The SMILES string of the molecule is CN1CCC(Oc2ccc(C3=NC(=Cc4c[nH]c5ncccc45)C(=O)N3)cc2)CC1.Cl.Cl. The van der Waals surface area contributed by atoms with E-state index in [2.05, 4.69) is 32.2 Å². The van der Waals surface area contributed by atoms with Crippen LogP contribution in [0.25, 0.3) is 17.1 Å². The van der Waals surface area contributed by atoms with Crippen LogP contribution in [-0.2, 0) is 4.79 Å². The summed E-state index contributed by atoms with van der Waals surface area (Å²) in [4.78, 5) is 26.6. The Labute approximate surface area is 198 Å². The number of fused-ring (bicyclic) bond motifs is 1. The van der Waals surface area contributed by atoms with Gasteiger partial charge in [0, 0.05) is 42.0 Å². The van der Waals surface area contributed by atoms with E-state index in [1.54, 1.807) is 12.3 Å². The minimum absolute atomic E-state index is 0. The molecule has 2 aromatic heterocycles. The maximum atomic E-state index is 12.4. The number of benzene rings is 1. The number of amidine groups is 1. The average molecular weight is 474 g/mol. The van der Waals surface area contributed by atoms with Gasteiger partial charge in [-0.25, -0.2) is 9.98 Å². The Hall–Kier alpha value is -2.87. The van der Waals surface area contributed by atoms with E-state index in [0.717, 1.165) is 53.8 Å². The number of ether oxygens (including phenoxy) is 1. The standard InChI is InChI=1S/C23H23N5O2.2ClH/c1-28-11-8-18(9-12-28)30-17-6-4-15(5-7-17)21-26-20(23(29)27-21)13-16-14-25-22-19(16)3-2-10-24-22;;/h2-7,10,13-14,18H,8-9,11-12H2,1H3,(H,24,25)(H,26,27,29);2*1H. The number of pyridine rings is 1. The molecule has 0 radical (unpaired) electrons. The molecule has 0 bridgehead atoms. The number of rotatable bonds is 4. The van der Waals surface area contributed by atoms with Gasteiger partial charge in [0.15, 0.2) is 0 Å². The van der Waals surface area contributed by atoms with E-state index < -0.39 is 0 Å². The summed E-state index contributed by atoms with van der Waals surface area (Å²) < 4.78 is 6.10. The van der Waals surface area contributed by atoms with Gasteiger partial charge < -0.3 is 19.9 Å². The molecule has 168 valence electrons. The van der Waals surface area contributed by atoms with Crippen LogP contribution in [0.1, 0.15) is 24.0 Å². The molecule has 2 aliphatic heterocycles. The number of nitrogens with one attached hydrogen (secondary N) is 2. The quantitative estimate of drug-likeness (QED) is 0.564. The number of aromatic nitrogens is 2. The third-order valence-corrected chi connectivity index (χ3v) is 5.57. The number of H-pyrrole nitrogens is 1. The first-order valence-electron chi connectivity index (χ1n) is 10.2. The Balaban J connectivity index is 0.00000144. The number of halogens is 2. The topological polar surface area (TPSA) is 82.6 Å². The van der Waals surface area contributed by atoms with Gasteiger partial charge in [-0.05, 0) is 62.4 Å². The summed E-state index contributed by atoms with van der Waals surface area (Å²) >= 11 is 0. The van der Waals surface area contributed by atoms with Crippen molar-refractivity contribution in [3.05, 3.63) is 65.6 Å². The Morgan fingerprint density at radius 1 is 1.12 bits per heavy atom. The number of carbonyl (C=O) groups excluding carboxylic acids is 1. The molecule has 4 heterocycles. The first-order chi connectivity index (χ1) is 14.7. The molecule has 2 aliphatic rings. The van der Waals surface area contributed by atoms with Crippen molar-refractivity contribution in [1.29, 1.82) is 0 Å². The highest BCUT2D eigenvalue weighted by atomic mass is 35.5. The first-order valence-corrected chi connectivity index (χ1v) is 10.2. The summed E-state index contributed by atoms with van der Waals surface area (Å²) in [6, 6.07) is 11.6. The minimum atomic E-state index is -0.213. The fraction of sp³-hybridized carbons (Fsp3) is 0.261. The molecule has 3 aromatic rings. The number of amides is 1. The summed E-state index contributed by atoms with van der Waals surface area (Å²) in [5.41, 5.74) is 2.90. The van der Waals surface area contributed by atoms with Crippen molar-refractivity contribution in [2.75, 3.05) is 20.1 Å². The zero-order chi connectivity index (χ0) is 20.5. The van der Waals surface area contributed by atoms with Crippen molar-refractivity contribution in [3.8, 4) is 5.75 Å². The van der Waals surface area contributed by atoms with Crippen molar-refractivity contribution in [3.63, 3.8) is 0 Å². The molecule has 0 unspecified atom stereocenters. The van der Waals surface area contributed by atoms with Gasteiger partial charge in [-0.15, -0.1) is 24.8 Å². The van der Waals surface area contributed by atoms with Crippen LogP contribution < -0.4 is 10.1 Å². The average Bonchev–Trinajstić information content (AvgIpc) is 3.34. The van der Waals surface area contributed by atoms with Crippen molar-refractivity contribution < 1.29 is 9.53 Å². The fourth-order valence-electron chi connectivity index (χ4n) is 3.84. The lowest BCUT2D eigenvalue weighted by atomic mass is 10.1.